The number of benzene rings is 3. The van der Waals surface area contributed by atoms with E-state index in [0.717, 1.165) is 28.2 Å². The van der Waals surface area contributed by atoms with Gasteiger partial charge in [-0.2, -0.15) is 13.2 Å². The lowest BCUT2D eigenvalue weighted by atomic mass is 10.1. The molecule has 0 atom stereocenters. The van der Waals surface area contributed by atoms with Crippen LogP contribution < -0.4 is 14.9 Å². The molecule has 0 bridgehead atoms. The van der Waals surface area contributed by atoms with Crippen LogP contribution >= 0.6 is 11.3 Å². The van der Waals surface area contributed by atoms with Crippen LogP contribution in [0, 0.1) is 0 Å². The zero-order valence-electron chi connectivity index (χ0n) is 17.1. The molecule has 0 amide bonds. The molecule has 0 saturated heterocycles. The van der Waals surface area contributed by atoms with Crippen LogP contribution in [0.1, 0.15) is 15.4 Å². The number of alkyl halides is 3. The van der Waals surface area contributed by atoms with Gasteiger partial charge in [0.15, 0.2) is 0 Å². The van der Waals surface area contributed by atoms with Gasteiger partial charge in [-0.05, 0) is 46.5 Å². The largest absolute Gasteiger partial charge is 0.453 e. The summed E-state index contributed by atoms with van der Waals surface area (Å²) >= 11 is 1.15. The average molecular weight is 482 g/mol. The molecule has 3 aromatic carbocycles. The smallest absolute Gasteiger partial charge is 0.449 e. The van der Waals surface area contributed by atoms with Crippen molar-refractivity contribution in [3.63, 3.8) is 0 Å². The van der Waals surface area contributed by atoms with Crippen molar-refractivity contribution in [2.45, 2.75) is 6.18 Å². The summed E-state index contributed by atoms with van der Waals surface area (Å²) in [5.41, 5.74) is -1.39. The van der Waals surface area contributed by atoms with E-state index in [1.807, 2.05) is 12.1 Å². The summed E-state index contributed by atoms with van der Waals surface area (Å²) < 4.78 is 57.1. The highest BCUT2D eigenvalue weighted by Gasteiger charge is 2.40. The van der Waals surface area contributed by atoms with Gasteiger partial charge in [-0.3, -0.25) is 4.79 Å². The van der Waals surface area contributed by atoms with E-state index < -0.39 is 29.1 Å². The number of thiophene rings is 1. The number of halogens is 3. The fourth-order valence-electron chi connectivity index (χ4n) is 3.40. The monoisotopic (exact) mass is 482 g/mol. The summed E-state index contributed by atoms with van der Waals surface area (Å²) in [6, 6.07) is 18.7. The van der Waals surface area contributed by atoms with Crippen LogP contribution in [0.15, 0.2) is 87.4 Å². The Hall–Kier alpha value is -4.11. The molecule has 0 aliphatic rings. The number of carbonyl (C=O) groups is 1. The Kier molecular flexibility index (Phi) is 5.33. The van der Waals surface area contributed by atoms with E-state index in [0.29, 0.717) is 4.88 Å². The van der Waals surface area contributed by atoms with Gasteiger partial charge < -0.3 is 13.9 Å². The predicted octanol–water partition coefficient (Wildman–Crippen LogP) is 7.04. The minimum absolute atomic E-state index is 0.0531. The van der Waals surface area contributed by atoms with Crippen molar-refractivity contribution in [2.75, 3.05) is 0 Å². The molecule has 0 fully saturated rings. The van der Waals surface area contributed by atoms with Crippen LogP contribution in [0.2, 0.25) is 0 Å². The Morgan fingerprint density at radius 2 is 1.65 bits per heavy atom. The van der Waals surface area contributed by atoms with E-state index in [9.17, 15) is 22.8 Å². The molecule has 2 aromatic heterocycles. The van der Waals surface area contributed by atoms with Gasteiger partial charge >= 0.3 is 12.1 Å². The van der Waals surface area contributed by atoms with Gasteiger partial charge in [0.1, 0.15) is 22.0 Å². The van der Waals surface area contributed by atoms with Crippen LogP contribution in [0.4, 0.5) is 13.2 Å². The van der Waals surface area contributed by atoms with Gasteiger partial charge in [0.05, 0.1) is 5.39 Å². The van der Waals surface area contributed by atoms with Gasteiger partial charge in [-0.25, -0.2) is 4.79 Å². The second kappa shape index (κ2) is 8.35. The molecule has 9 heteroatoms. The molecular weight excluding hydrogens is 469 g/mol. The van der Waals surface area contributed by atoms with E-state index in [1.165, 1.54) is 24.3 Å². The molecule has 5 nitrogen and oxygen atoms in total. The van der Waals surface area contributed by atoms with Gasteiger partial charge in [-0.1, -0.05) is 36.4 Å². The fraction of sp³-hybridized carbons (Fsp3) is 0.0400. The lowest BCUT2D eigenvalue weighted by Crippen LogP contribution is -2.15. The Morgan fingerprint density at radius 3 is 2.38 bits per heavy atom. The maximum atomic E-state index is 13.8. The van der Waals surface area contributed by atoms with E-state index in [1.54, 1.807) is 35.7 Å². The lowest BCUT2D eigenvalue weighted by molar-refractivity contribution is -0.154. The van der Waals surface area contributed by atoms with Gasteiger partial charge in [-0.15, -0.1) is 11.3 Å². The predicted molar refractivity (Wildman–Crippen MR) is 121 cm³/mol. The number of ether oxygens (including phenoxy) is 2. The third-order valence-electron chi connectivity index (χ3n) is 4.95. The fourth-order valence-corrected chi connectivity index (χ4v) is 4.00. The quantitative estimate of drug-likeness (QED) is 0.203. The molecule has 34 heavy (non-hydrogen) atoms. The minimum atomic E-state index is -5.01. The zero-order valence-corrected chi connectivity index (χ0v) is 17.9. The Morgan fingerprint density at radius 1 is 0.882 bits per heavy atom. The molecule has 0 saturated carbocycles. The van der Waals surface area contributed by atoms with E-state index in [-0.39, 0.29) is 22.5 Å². The van der Waals surface area contributed by atoms with Crippen molar-refractivity contribution in [1.82, 2.24) is 0 Å². The lowest BCUT2D eigenvalue weighted by Gasteiger charge is -2.14. The van der Waals surface area contributed by atoms with Crippen molar-refractivity contribution >= 4 is 39.0 Å². The molecule has 0 radical (unpaired) electrons. The number of hydrogen-bond acceptors (Lipinski definition) is 6. The molecule has 0 unspecified atom stereocenters. The first-order chi connectivity index (χ1) is 16.3. The first-order valence-electron chi connectivity index (χ1n) is 9.90. The summed E-state index contributed by atoms with van der Waals surface area (Å²) in [6.45, 7) is 0. The normalized spacial score (nSPS) is 11.6. The number of hydrogen-bond donors (Lipinski definition) is 0. The van der Waals surface area contributed by atoms with Gasteiger partial charge in [0.25, 0.3) is 5.76 Å². The second-order valence-corrected chi connectivity index (χ2v) is 8.17. The van der Waals surface area contributed by atoms with Crippen molar-refractivity contribution in [3.05, 3.63) is 99.0 Å². The van der Waals surface area contributed by atoms with E-state index >= 15 is 0 Å². The zero-order chi connectivity index (χ0) is 23.9. The first kappa shape index (κ1) is 21.7. The molecule has 5 rings (SSSR count). The maximum Gasteiger partial charge on any atom is 0.453 e. The highest BCUT2D eigenvalue weighted by Crippen LogP contribution is 2.39. The second-order valence-electron chi connectivity index (χ2n) is 7.22. The molecular formula is C25H13F3O5S. The standard InChI is InChI=1S/C25H13F3O5S/c26-25(27,28)23-22(31-16-8-7-14-4-1-2-5-15(14)12-16)21(29)18-10-9-17(13-19(18)33-23)32-24(30)20-6-3-11-34-20/h1-13H. The summed E-state index contributed by atoms with van der Waals surface area (Å²) in [6.07, 6.45) is -5.01. The minimum Gasteiger partial charge on any atom is -0.449 e. The maximum absolute atomic E-state index is 13.8. The SMILES string of the molecule is O=C(Oc1ccc2c(=O)c(Oc3ccc4ccccc4c3)c(C(F)(F)F)oc2c1)c1cccs1. The topological polar surface area (TPSA) is 65.7 Å². The molecule has 170 valence electrons. The Balaban J connectivity index is 1.57. The third kappa shape index (κ3) is 4.13. The summed E-state index contributed by atoms with van der Waals surface area (Å²) in [5.74, 6) is -3.25. The van der Waals surface area contributed by atoms with Crippen LogP contribution in [-0.2, 0) is 6.18 Å². The van der Waals surface area contributed by atoms with Crippen LogP contribution in [0.3, 0.4) is 0 Å². The van der Waals surface area contributed by atoms with Gasteiger partial charge in [0, 0.05) is 6.07 Å². The van der Waals surface area contributed by atoms with Crippen molar-refractivity contribution in [3.8, 4) is 17.2 Å². The molecule has 0 aliphatic heterocycles. The van der Waals surface area contributed by atoms with Crippen molar-refractivity contribution < 1.29 is 31.9 Å². The third-order valence-corrected chi connectivity index (χ3v) is 5.80. The van der Waals surface area contributed by atoms with Crippen molar-refractivity contribution in [2.24, 2.45) is 0 Å². The summed E-state index contributed by atoms with van der Waals surface area (Å²) in [5, 5.41) is 3.12. The number of carbonyl (C=O) groups excluding carboxylic acids is 1. The van der Waals surface area contributed by atoms with Gasteiger partial charge in [0.2, 0.25) is 11.2 Å². The number of esters is 1. The molecule has 5 aromatic rings. The summed E-state index contributed by atoms with van der Waals surface area (Å²) in [4.78, 5) is 25.5. The molecule has 0 aliphatic carbocycles. The Labute approximate surface area is 193 Å². The first-order valence-corrected chi connectivity index (χ1v) is 10.8. The number of rotatable bonds is 4. The highest BCUT2D eigenvalue weighted by molar-refractivity contribution is 7.12. The summed E-state index contributed by atoms with van der Waals surface area (Å²) in [7, 11) is 0. The molecule has 0 spiro atoms. The average Bonchev–Trinajstić information content (AvgIpc) is 3.35. The van der Waals surface area contributed by atoms with Crippen LogP contribution in [-0.4, -0.2) is 5.97 Å². The highest BCUT2D eigenvalue weighted by atomic mass is 32.1. The van der Waals surface area contributed by atoms with E-state index in [4.69, 9.17) is 13.9 Å². The van der Waals surface area contributed by atoms with Crippen LogP contribution in [0.25, 0.3) is 21.7 Å². The number of fused-ring (bicyclic) bond motifs is 2. The van der Waals surface area contributed by atoms with Crippen LogP contribution in [0.5, 0.6) is 17.2 Å². The molecule has 2 heterocycles. The molecule has 0 N–H and O–H groups in total. The Bertz CT molecular complexity index is 1590. The van der Waals surface area contributed by atoms with Crippen molar-refractivity contribution in [1.29, 1.82) is 0 Å². The van der Waals surface area contributed by atoms with E-state index in [2.05, 4.69) is 0 Å².